The smallest absolute Gasteiger partial charge is 0.326 e. The number of aliphatic carboxylic acids is 1. The number of urea groups is 1. The van der Waals surface area contributed by atoms with Gasteiger partial charge in [-0.25, -0.2) is 4.79 Å². The number of amides is 4. The molecule has 9 heteroatoms. The van der Waals surface area contributed by atoms with Crippen LogP contribution in [0.1, 0.15) is 36.1 Å². The van der Waals surface area contributed by atoms with Crippen molar-refractivity contribution in [3.63, 3.8) is 0 Å². The lowest BCUT2D eigenvalue weighted by Gasteiger charge is -2.21. The first-order valence-electron chi connectivity index (χ1n) is 12.1. The largest absolute Gasteiger partial charge is 0.481 e. The summed E-state index contributed by atoms with van der Waals surface area (Å²) in [5.74, 6) is -1.49. The zero-order valence-electron chi connectivity index (χ0n) is 21.9. The van der Waals surface area contributed by atoms with Gasteiger partial charge in [-0.3, -0.25) is 19.3 Å². The molecule has 198 valence electrons. The molecule has 4 amide bonds. The number of nitrogens with one attached hydrogen (secondary N) is 2. The number of para-hydroxylation sites is 1. The van der Waals surface area contributed by atoms with Crippen LogP contribution in [0, 0.1) is 6.92 Å². The molecule has 9 nitrogen and oxygen atoms in total. The van der Waals surface area contributed by atoms with Crippen LogP contribution < -0.4 is 20.4 Å². The topological polar surface area (TPSA) is 119 Å². The molecule has 0 fully saturated rings. The lowest BCUT2D eigenvalue weighted by Crippen LogP contribution is -2.31. The van der Waals surface area contributed by atoms with E-state index in [1.807, 2.05) is 31.2 Å². The summed E-state index contributed by atoms with van der Waals surface area (Å²) in [7, 11) is 3.37. The molecule has 0 radical (unpaired) electrons. The number of benzene rings is 3. The Balaban J connectivity index is 1.60. The third-order valence-corrected chi connectivity index (χ3v) is 6.16. The lowest BCUT2D eigenvalue weighted by molar-refractivity contribution is -0.137. The summed E-state index contributed by atoms with van der Waals surface area (Å²) in [5.41, 5.74) is 4.49. The number of rotatable bonds is 9. The molecule has 0 aliphatic rings. The van der Waals surface area contributed by atoms with Crippen LogP contribution >= 0.6 is 0 Å². The van der Waals surface area contributed by atoms with Gasteiger partial charge in [0.25, 0.3) is 0 Å². The molecule has 0 aliphatic heterocycles. The van der Waals surface area contributed by atoms with E-state index in [4.69, 9.17) is 5.11 Å². The second kappa shape index (κ2) is 12.5. The summed E-state index contributed by atoms with van der Waals surface area (Å²) in [6.07, 6.45) is -0.0878. The van der Waals surface area contributed by atoms with Gasteiger partial charge in [-0.15, -0.1) is 0 Å². The van der Waals surface area contributed by atoms with Crippen LogP contribution in [0.4, 0.5) is 21.9 Å². The van der Waals surface area contributed by atoms with E-state index in [0.29, 0.717) is 16.9 Å². The van der Waals surface area contributed by atoms with Gasteiger partial charge in [0.2, 0.25) is 11.8 Å². The summed E-state index contributed by atoms with van der Waals surface area (Å²) in [4.78, 5) is 51.2. The molecule has 0 spiro atoms. The zero-order valence-corrected chi connectivity index (χ0v) is 21.9. The molecule has 0 aromatic heterocycles. The Hall–Kier alpha value is -4.66. The van der Waals surface area contributed by atoms with Crippen molar-refractivity contribution in [1.82, 2.24) is 5.32 Å². The van der Waals surface area contributed by atoms with E-state index in [1.54, 1.807) is 67.5 Å². The number of carbonyl (C=O) groups is 4. The number of nitrogens with zero attached hydrogens (tertiary/aromatic N) is 2. The fourth-order valence-corrected chi connectivity index (χ4v) is 4.00. The first kappa shape index (κ1) is 27.9. The minimum absolute atomic E-state index is 0.141. The molecule has 0 bridgehead atoms. The highest BCUT2D eigenvalue weighted by molar-refractivity contribution is 6.01. The maximum atomic E-state index is 12.9. The van der Waals surface area contributed by atoms with E-state index in [-0.39, 0.29) is 30.7 Å². The quantitative estimate of drug-likeness (QED) is 0.386. The van der Waals surface area contributed by atoms with E-state index in [2.05, 4.69) is 10.6 Å². The standard InChI is InChI=1S/C29H32N4O5/c1-19-7-5-6-8-26(19)33(4)29(38)31-23-13-9-21(10-14-23)17-27(35)32(3)24-15-11-22(12-16-24)25(18-28(36)37)30-20(2)34/h5-16,25H,17-18H2,1-4H3,(H,30,34)(H,31,38)(H,36,37). The molecule has 1 atom stereocenters. The molecule has 0 saturated heterocycles. The van der Waals surface area contributed by atoms with Crippen molar-refractivity contribution in [2.45, 2.75) is 32.7 Å². The molecule has 38 heavy (non-hydrogen) atoms. The zero-order chi connectivity index (χ0) is 27.8. The molecule has 3 aromatic carbocycles. The fourth-order valence-electron chi connectivity index (χ4n) is 4.00. The van der Waals surface area contributed by atoms with Crippen LogP contribution in [0.5, 0.6) is 0 Å². The minimum atomic E-state index is -1.02. The SMILES string of the molecule is CC(=O)NC(CC(=O)O)c1ccc(N(C)C(=O)Cc2ccc(NC(=O)N(C)c3ccccc3C)cc2)cc1. The second-order valence-electron chi connectivity index (χ2n) is 9.04. The normalized spacial score (nSPS) is 11.3. The Morgan fingerprint density at radius 2 is 1.50 bits per heavy atom. The van der Waals surface area contributed by atoms with Gasteiger partial charge in [0.05, 0.1) is 18.9 Å². The van der Waals surface area contributed by atoms with Crippen LogP contribution in [0.3, 0.4) is 0 Å². The fraction of sp³-hybridized carbons (Fsp3) is 0.241. The van der Waals surface area contributed by atoms with Crippen molar-refractivity contribution in [2.24, 2.45) is 0 Å². The second-order valence-corrected chi connectivity index (χ2v) is 9.04. The van der Waals surface area contributed by atoms with Crippen LogP contribution in [0.2, 0.25) is 0 Å². The molecule has 3 aromatic rings. The van der Waals surface area contributed by atoms with Gasteiger partial charge in [-0.05, 0) is 53.9 Å². The van der Waals surface area contributed by atoms with Crippen LogP contribution in [-0.2, 0) is 20.8 Å². The molecule has 0 aliphatic carbocycles. The van der Waals surface area contributed by atoms with Gasteiger partial charge in [-0.1, -0.05) is 42.5 Å². The van der Waals surface area contributed by atoms with Crippen molar-refractivity contribution in [3.8, 4) is 0 Å². The molecule has 0 heterocycles. The number of likely N-dealkylation sites (N-methyl/N-ethyl adjacent to an activating group) is 1. The maximum absolute atomic E-state index is 12.9. The first-order chi connectivity index (χ1) is 18.0. The summed E-state index contributed by atoms with van der Waals surface area (Å²) in [5, 5.41) is 14.6. The Morgan fingerprint density at radius 1 is 0.868 bits per heavy atom. The Kier molecular flexibility index (Phi) is 9.21. The number of hydrogen-bond acceptors (Lipinski definition) is 4. The number of aryl methyl sites for hydroxylation is 1. The summed E-state index contributed by atoms with van der Waals surface area (Å²) < 4.78 is 0. The average Bonchev–Trinajstić information content (AvgIpc) is 2.88. The van der Waals surface area contributed by atoms with Crippen molar-refractivity contribution >= 4 is 40.9 Å². The summed E-state index contributed by atoms with van der Waals surface area (Å²) in [6, 6.07) is 20.6. The number of carboxylic acids is 1. The highest BCUT2D eigenvalue weighted by atomic mass is 16.4. The predicted molar refractivity (Wildman–Crippen MR) is 147 cm³/mol. The predicted octanol–water partition coefficient (Wildman–Crippen LogP) is 4.52. The van der Waals surface area contributed by atoms with Gasteiger partial charge in [0, 0.05) is 38.1 Å². The molecule has 0 saturated carbocycles. The summed E-state index contributed by atoms with van der Waals surface area (Å²) >= 11 is 0. The third kappa shape index (κ3) is 7.42. The lowest BCUT2D eigenvalue weighted by atomic mass is 10.0. The van der Waals surface area contributed by atoms with Gasteiger partial charge in [0.15, 0.2) is 0 Å². The molecule has 1 unspecified atom stereocenters. The van der Waals surface area contributed by atoms with Crippen molar-refractivity contribution in [1.29, 1.82) is 0 Å². The third-order valence-electron chi connectivity index (χ3n) is 6.16. The van der Waals surface area contributed by atoms with E-state index in [1.165, 1.54) is 11.8 Å². The van der Waals surface area contributed by atoms with E-state index < -0.39 is 12.0 Å². The van der Waals surface area contributed by atoms with Crippen LogP contribution in [-0.4, -0.2) is 43.0 Å². The Labute approximate surface area is 222 Å². The highest BCUT2D eigenvalue weighted by Gasteiger charge is 2.18. The van der Waals surface area contributed by atoms with Crippen molar-refractivity contribution in [2.75, 3.05) is 29.2 Å². The van der Waals surface area contributed by atoms with Gasteiger partial charge < -0.3 is 20.6 Å². The Bertz CT molecular complexity index is 1290. The number of anilines is 3. The van der Waals surface area contributed by atoms with Crippen molar-refractivity contribution < 1.29 is 24.3 Å². The minimum Gasteiger partial charge on any atom is -0.481 e. The number of hydrogen-bond donors (Lipinski definition) is 3. The van der Waals surface area contributed by atoms with Gasteiger partial charge >= 0.3 is 12.0 Å². The van der Waals surface area contributed by atoms with Gasteiger partial charge in [0.1, 0.15) is 0 Å². The monoisotopic (exact) mass is 516 g/mol. The molecular formula is C29H32N4O5. The van der Waals surface area contributed by atoms with Crippen LogP contribution in [0.25, 0.3) is 0 Å². The Morgan fingerprint density at radius 3 is 2.08 bits per heavy atom. The van der Waals surface area contributed by atoms with E-state index >= 15 is 0 Å². The van der Waals surface area contributed by atoms with E-state index in [9.17, 15) is 19.2 Å². The summed E-state index contributed by atoms with van der Waals surface area (Å²) in [6.45, 7) is 3.28. The highest BCUT2D eigenvalue weighted by Crippen LogP contribution is 2.23. The first-order valence-corrected chi connectivity index (χ1v) is 12.1. The number of carboxylic acid groups (broad SMARTS) is 1. The molecular weight excluding hydrogens is 484 g/mol. The van der Waals surface area contributed by atoms with Crippen LogP contribution in [0.15, 0.2) is 72.8 Å². The van der Waals surface area contributed by atoms with Gasteiger partial charge in [-0.2, -0.15) is 0 Å². The maximum Gasteiger partial charge on any atom is 0.326 e. The average molecular weight is 517 g/mol. The van der Waals surface area contributed by atoms with E-state index in [0.717, 1.165) is 16.8 Å². The molecule has 3 N–H and O–H groups in total. The number of carbonyl (C=O) groups excluding carboxylic acids is 3. The van der Waals surface area contributed by atoms with Crippen molar-refractivity contribution in [3.05, 3.63) is 89.5 Å². The molecule has 3 rings (SSSR count).